The van der Waals surface area contributed by atoms with Crippen LogP contribution in [0.5, 0.6) is 11.5 Å². The third-order valence-corrected chi connectivity index (χ3v) is 8.61. The van der Waals surface area contributed by atoms with E-state index in [0.29, 0.717) is 24.1 Å². The number of carboxylic acids is 1. The molecule has 2 aliphatic carbocycles. The third kappa shape index (κ3) is 4.37. The molecule has 2 bridgehead atoms. The Morgan fingerprint density at radius 1 is 1.24 bits per heavy atom. The third-order valence-electron chi connectivity index (χ3n) is 8.61. The van der Waals surface area contributed by atoms with E-state index < -0.39 is 30.0 Å². The minimum atomic E-state index is -1.12. The molecule has 37 heavy (non-hydrogen) atoms. The molecule has 1 saturated heterocycles. The first-order valence-corrected chi connectivity index (χ1v) is 12.7. The van der Waals surface area contributed by atoms with Gasteiger partial charge in [-0.1, -0.05) is 19.9 Å². The molecule has 1 amide bonds. The highest BCUT2D eigenvalue weighted by molar-refractivity contribution is 7.59. The van der Waals surface area contributed by atoms with Crippen LogP contribution in [-0.2, 0) is 31.0 Å². The van der Waals surface area contributed by atoms with Crippen molar-refractivity contribution in [3.05, 3.63) is 35.4 Å². The van der Waals surface area contributed by atoms with Gasteiger partial charge in [0.2, 0.25) is 5.91 Å². The van der Waals surface area contributed by atoms with Gasteiger partial charge in [0.25, 0.3) is 0 Å². The minimum absolute atomic E-state index is 0. The van der Waals surface area contributed by atoms with Crippen LogP contribution in [-0.4, -0.2) is 72.8 Å². The molecular formula is C27H36N2O7S. The van der Waals surface area contributed by atoms with Crippen LogP contribution in [0.15, 0.2) is 24.3 Å². The van der Waals surface area contributed by atoms with Gasteiger partial charge in [-0.2, -0.15) is 13.5 Å². The molecule has 1 saturated carbocycles. The Bertz CT molecular complexity index is 1120. The maximum Gasteiger partial charge on any atom is 0.331 e. The van der Waals surface area contributed by atoms with E-state index in [2.05, 4.69) is 23.3 Å². The second kappa shape index (κ2) is 10.2. The fraction of sp³-hybridized carbons (Fsp3) is 0.593. The molecule has 1 aromatic rings. The molecule has 2 aliphatic heterocycles. The summed E-state index contributed by atoms with van der Waals surface area (Å²) in [5.74, 6) is -0.830. The molecule has 2 fully saturated rings. The lowest BCUT2D eigenvalue weighted by Crippen LogP contribution is -2.66. The number of carboxylic acid groups (broad SMARTS) is 1. The van der Waals surface area contributed by atoms with E-state index in [4.69, 9.17) is 14.2 Å². The molecule has 2 unspecified atom stereocenters. The Labute approximate surface area is 224 Å². The number of nitrogens with one attached hydrogen (secondary N) is 1. The Balaban J connectivity index is 0.00000320. The Kier molecular flexibility index (Phi) is 7.54. The van der Waals surface area contributed by atoms with E-state index >= 15 is 0 Å². The summed E-state index contributed by atoms with van der Waals surface area (Å²) in [4.78, 5) is 38.7. The van der Waals surface area contributed by atoms with Gasteiger partial charge in [-0.25, -0.2) is 9.59 Å². The standard InChI is InChI=1S/C27H34N2O7.H2S/c1-14(2)23(26(32)33)28-20(30)9-10-21(31)35-19-8-6-16-17-13-15-5-7-18(34-4)24-22(15)27(16,25(19)36-24)11-12-29(17)3;/h5,7,9-10,14,16-17,19,23,25H,6,8,11-13H2,1-4H3,(H,28,30)(H,32,33);1H2/b10-9+;/t16?,17-,19+,23?,25+,27+;/m1./s1. The van der Waals surface area contributed by atoms with Crippen molar-refractivity contribution in [1.29, 1.82) is 0 Å². The van der Waals surface area contributed by atoms with Crippen molar-refractivity contribution in [3.63, 3.8) is 0 Å². The maximum absolute atomic E-state index is 12.7. The van der Waals surface area contributed by atoms with Gasteiger partial charge in [-0.3, -0.25) is 4.79 Å². The summed E-state index contributed by atoms with van der Waals surface area (Å²) in [6.45, 7) is 4.34. The Morgan fingerprint density at radius 3 is 2.68 bits per heavy atom. The first-order valence-electron chi connectivity index (χ1n) is 12.7. The molecule has 2 N–H and O–H groups in total. The molecule has 0 radical (unpaired) electrons. The summed E-state index contributed by atoms with van der Waals surface area (Å²) < 4.78 is 18.1. The molecule has 1 spiro atoms. The average Bonchev–Trinajstić information content (AvgIpc) is 3.19. The number of methoxy groups -OCH3 is 1. The Morgan fingerprint density at radius 2 is 2.00 bits per heavy atom. The van der Waals surface area contributed by atoms with Crippen molar-refractivity contribution in [2.75, 3.05) is 20.7 Å². The molecule has 1 aromatic carbocycles. The maximum atomic E-state index is 12.7. The number of esters is 1. The van der Waals surface area contributed by atoms with E-state index in [1.54, 1.807) is 21.0 Å². The molecule has 9 nitrogen and oxygen atoms in total. The highest BCUT2D eigenvalue weighted by atomic mass is 32.1. The number of likely N-dealkylation sites (N-methyl/N-ethyl adjacent to an activating group) is 1. The normalized spacial score (nSPS) is 30.1. The van der Waals surface area contributed by atoms with Crippen LogP contribution in [0.3, 0.4) is 0 Å². The summed E-state index contributed by atoms with van der Waals surface area (Å²) >= 11 is 0. The van der Waals surface area contributed by atoms with Crippen LogP contribution in [0, 0.1) is 11.8 Å². The number of nitrogens with zero attached hydrogens (tertiary/aromatic N) is 1. The van der Waals surface area contributed by atoms with E-state index in [1.165, 1.54) is 11.1 Å². The van der Waals surface area contributed by atoms with E-state index in [9.17, 15) is 19.5 Å². The lowest BCUT2D eigenvalue weighted by atomic mass is 9.51. The summed E-state index contributed by atoms with van der Waals surface area (Å²) in [5.41, 5.74) is 2.28. The molecule has 10 heteroatoms. The van der Waals surface area contributed by atoms with Crippen molar-refractivity contribution < 1.29 is 33.7 Å². The highest BCUT2D eigenvalue weighted by Crippen LogP contribution is 2.64. The zero-order valence-corrected chi connectivity index (χ0v) is 22.7. The van der Waals surface area contributed by atoms with Crippen LogP contribution >= 0.6 is 13.5 Å². The van der Waals surface area contributed by atoms with Crippen LogP contribution < -0.4 is 14.8 Å². The number of hydrogen-bond donors (Lipinski definition) is 2. The molecule has 0 aromatic heterocycles. The first-order chi connectivity index (χ1) is 17.2. The van der Waals surface area contributed by atoms with Gasteiger partial charge in [-0.15, -0.1) is 0 Å². The minimum Gasteiger partial charge on any atom is -0.493 e. The zero-order valence-electron chi connectivity index (χ0n) is 21.7. The number of hydrogen-bond acceptors (Lipinski definition) is 7. The fourth-order valence-corrected chi connectivity index (χ4v) is 7.01. The number of amides is 1. The lowest BCUT2D eigenvalue weighted by Gasteiger charge is -2.58. The number of likely N-dealkylation sites (tertiary alicyclic amines) is 1. The predicted octanol–water partition coefficient (Wildman–Crippen LogP) is 2.17. The number of piperidine rings is 1. The number of ether oxygens (including phenoxy) is 3. The SMILES string of the molecule is COc1ccc2c3c1O[C@H]1[C@@H](OC(=O)/C=C/C(=O)NC(C(=O)O)C(C)C)CCC4[C@@H](C2)N(C)CC[C@@]341.S. The Hall–Kier alpha value is -2.72. The number of rotatable bonds is 7. The number of carbonyl (C=O) groups is 3. The molecule has 5 rings (SSSR count). The van der Waals surface area contributed by atoms with Crippen molar-refractivity contribution in [3.8, 4) is 11.5 Å². The van der Waals surface area contributed by atoms with Crippen LogP contribution in [0.25, 0.3) is 0 Å². The lowest BCUT2D eigenvalue weighted by molar-refractivity contribution is -0.160. The first kappa shape index (κ1) is 27.3. The topological polar surface area (TPSA) is 114 Å². The van der Waals surface area contributed by atoms with Gasteiger partial charge >= 0.3 is 11.9 Å². The average molecular weight is 533 g/mol. The molecule has 4 aliphatic rings. The predicted molar refractivity (Wildman–Crippen MR) is 140 cm³/mol. The van der Waals surface area contributed by atoms with Gasteiger partial charge in [0.15, 0.2) is 11.5 Å². The molecule has 2 heterocycles. The quantitative estimate of drug-likeness (QED) is 0.406. The van der Waals surface area contributed by atoms with E-state index in [0.717, 1.165) is 43.7 Å². The second-order valence-corrected chi connectivity index (χ2v) is 10.8. The second-order valence-electron chi connectivity index (χ2n) is 10.8. The summed E-state index contributed by atoms with van der Waals surface area (Å²) in [7, 11) is 3.83. The number of carbonyl (C=O) groups excluding carboxylic acids is 2. The van der Waals surface area contributed by atoms with Crippen molar-refractivity contribution in [1.82, 2.24) is 10.2 Å². The largest absolute Gasteiger partial charge is 0.493 e. The fourth-order valence-electron chi connectivity index (χ4n) is 7.01. The van der Waals surface area contributed by atoms with Gasteiger partial charge in [0.05, 0.1) is 7.11 Å². The number of benzene rings is 1. The van der Waals surface area contributed by atoms with Crippen LogP contribution in [0.1, 0.15) is 44.2 Å². The van der Waals surface area contributed by atoms with Gasteiger partial charge < -0.3 is 29.5 Å². The van der Waals surface area contributed by atoms with Crippen molar-refractivity contribution in [2.24, 2.45) is 11.8 Å². The van der Waals surface area contributed by atoms with Gasteiger partial charge in [0.1, 0.15) is 18.2 Å². The molecular weight excluding hydrogens is 496 g/mol. The molecule has 202 valence electrons. The van der Waals surface area contributed by atoms with Crippen LogP contribution in [0.4, 0.5) is 0 Å². The summed E-state index contributed by atoms with van der Waals surface area (Å²) in [6.07, 6.45) is 4.79. The van der Waals surface area contributed by atoms with Crippen molar-refractivity contribution >= 4 is 31.3 Å². The smallest absolute Gasteiger partial charge is 0.331 e. The summed E-state index contributed by atoms with van der Waals surface area (Å²) in [5, 5.41) is 11.7. The van der Waals surface area contributed by atoms with Crippen LogP contribution in [0.2, 0.25) is 0 Å². The zero-order chi connectivity index (χ0) is 25.8. The van der Waals surface area contributed by atoms with Gasteiger partial charge in [0, 0.05) is 29.2 Å². The van der Waals surface area contributed by atoms with E-state index in [-0.39, 0.29) is 30.9 Å². The highest BCUT2D eigenvalue weighted by Gasteiger charge is 2.66. The van der Waals surface area contributed by atoms with Crippen molar-refractivity contribution in [2.45, 2.75) is 69.2 Å². The monoisotopic (exact) mass is 532 g/mol. The summed E-state index contributed by atoms with van der Waals surface area (Å²) in [6, 6.07) is 3.49. The van der Waals surface area contributed by atoms with E-state index in [1.807, 2.05) is 6.07 Å². The van der Waals surface area contributed by atoms with Gasteiger partial charge in [-0.05, 0) is 62.7 Å². The number of aliphatic carboxylic acids is 1. The molecule has 6 atom stereocenters.